The molecule has 0 saturated carbocycles. The highest BCUT2D eigenvalue weighted by molar-refractivity contribution is 7.09. The summed E-state index contributed by atoms with van der Waals surface area (Å²) >= 11 is 1.40. The Balaban J connectivity index is 1.47. The third-order valence-electron chi connectivity index (χ3n) is 4.19. The van der Waals surface area contributed by atoms with E-state index in [2.05, 4.69) is 35.0 Å². The predicted molar refractivity (Wildman–Crippen MR) is 103 cm³/mol. The molecular formula is C18H13FN8S. The lowest BCUT2D eigenvalue weighted by atomic mass is 10.3. The van der Waals surface area contributed by atoms with Gasteiger partial charge in [0.25, 0.3) is 0 Å². The van der Waals surface area contributed by atoms with Crippen LogP contribution in [0.15, 0.2) is 42.7 Å². The third kappa shape index (κ3) is 2.93. The maximum atomic E-state index is 13.4. The number of nitrogens with one attached hydrogen (secondary N) is 1. The van der Waals surface area contributed by atoms with Crippen molar-refractivity contribution in [1.29, 1.82) is 0 Å². The summed E-state index contributed by atoms with van der Waals surface area (Å²) in [5.41, 5.74) is 4.23. The molecule has 0 fully saturated rings. The molecule has 5 rings (SSSR count). The van der Waals surface area contributed by atoms with Crippen LogP contribution in [-0.4, -0.2) is 34.2 Å². The van der Waals surface area contributed by atoms with Gasteiger partial charge in [-0.15, -0.1) is 10.2 Å². The molecule has 1 N–H and O–H groups in total. The Kier molecular flexibility index (Phi) is 3.90. The van der Waals surface area contributed by atoms with Gasteiger partial charge in [-0.05, 0) is 42.7 Å². The van der Waals surface area contributed by atoms with E-state index in [0.717, 1.165) is 22.0 Å². The second-order valence-electron chi connectivity index (χ2n) is 6.17. The maximum absolute atomic E-state index is 13.4. The molecule has 0 unspecified atom stereocenters. The number of fused-ring (bicyclic) bond motifs is 2. The van der Waals surface area contributed by atoms with E-state index in [4.69, 9.17) is 0 Å². The topological polar surface area (TPSA) is 93.8 Å². The zero-order valence-electron chi connectivity index (χ0n) is 14.7. The summed E-state index contributed by atoms with van der Waals surface area (Å²) in [6, 6.07) is 8.92. The van der Waals surface area contributed by atoms with Crippen molar-refractivity contribution in [1.82, 2.24) is 34.2 Å². The van der Waals surface area contributed by atoms with Crippen molar-refractivity contribution in [3.05, 3.63) is 60.1 Å². The highest BCUT2D eigenvalue weighted by Crippen LogP contribution is 2.23. The molecular weight excluding hydrogens is 379 g/mol. The van der Waals surface area contributed by atoms with Gasteiger partial charge in [0.2, 0.25) is 0 Å². The number of anilines is 1. The first-order valence-corrected chi connectivity index (χ1v) is 9.24. The molecule has 0 bridgehead atoms. The third-order valence-corrected chi connectivity index (χ3v) is 5.09. The molecule has 0 amide bonds. The highest BCUT2D eigenvalue weighted by atomic mass is 32.1. The molecule has 8 nitrogen and oxygen atoms in total. The van der Waals surface area contributed by atoms with Crippen LogP contribution in [0, 0.1) is 12.7 Å². The fourth-order valence-corrected chi connectivity index (χ4v) is 3.60. The summed E-state index contributed by atoms with van der Waals surface area (Å²) in [7, 11) is 0. The molecule has 5 aromatic rings. The predicted octanol–water partition coefficient (Wildman–Crippen LogP) is 3.25. The fourth-order valence-electron chi connectivity index (χ4n) is 2.88. The number of hydrogen-bond donors (Lipinski definition) is 1. The quantitative estimate of drug-likeness (QED) is 0.502. The molecule has 0 aliphatic rings. The van der Waals surface area contributed by atoms with Gasteiger partial charge in [-0.25, -0.2) is 9.37 Å². The van der Waals surface area contributed by atoms with Crippen molar-refractivity contribution in [2.75, 3.05) is 5.32 Å². The van der Waals surface area contributed by atoms with Crippen LogP contribution in [0.25, 0.3) is 27.3 Å². The molecule has 0 aliphatic heterocycles. The van der Waals surface area contributed by atoms with Gasteiger partial charge >= 0.3 is 0 Å². The Labute approximate surface area is 162 Å². The van der Waals surface area contributed by atoms with E-state index < -0.39 is 5.82 Å². The van der Waals surface area contributed by atoms with E-state index >= 15 is 0 Å². The van der Waals surface area contributed by atoms with E-state index in [9.17, 15) is 4.39 Å². The fraction of sp³-hybridized carbons (Fsp3) is 0.111. The van der Waals surface area contributed by atoms with Gasteiger partial charge in [0.15, 0.2) is 11.5 Å². The second kappa shape index (κ2) is 6.57. The van der Waals surface area contributed by atoms with Crippen LogP contribution in [0.3, 0.4) is 0 Å². The largest absolute Gasteiger partial charge is 0.376 e. The summed E-state index contributed by atoms with van der Waals surface area (Å²) in [4.78, 5) is 9.27. The van der Waals surface area contributed by atoms with Gasteiger partial charge in [0.05, 0.1) is 34.5 Å². The number of nitrogens with zero attached hydrogens (tertiary/aromatic N) is 7. The maximum Gasteiger partial charge on any atom is 0.178 e. The van der Waals surface area contributed by atoms with Crippen LogP contribution >= 0.6 is 11.5 Å². The van der Waals surface area contributed by atoms with Crippen molar-refractivity contribution in [3.8, 4) is 10.6 Å². The summed E-state index contributed by atoms with van der Waals surface area (Å²) in [6.45, 7) is 2.32. The smallest absolute Gasteiger partial charge is 0.178 e. The highest BCUT2D eigenvalue weighted by Gasteiger charge is 2.11. The number of rotatable bonds is 4. The Hall–Kier alpha value is -3.53. The molecule has 0 atom stereocenters. The number of halogens is 1. The molecule has 0 radical (unpaired) electrons. The van der Waals surface area contributed by atoms with Crippen molar-refractivity contribution in [2.24, 2.45) is 0 Å². The van der Waals surface area contributed by atoms with E-state index in [-0.39, 0.29) is 0 Å². The molecule has 0 saturated heterocycles. The van der Waals surface area contributed by atoms with Gasteiger partial charge in [0, 0.05) is 12.3 Å². The van der Waals surface area contributed by atoms with Crippen molar-refractivity contribution < 1.29 is 4.39 Å². The molecule has 138 valence electrons. The van der Waals surface area contributed by atoms with E-state index in [1.54, 1.807) is 16.8 Å². The van der Waals surface area contributed by atoms with Gasteiger partial charge < -0.3 is 5.32 Å². The summed E-state index contributed by atoms with van der Waals surface area (Å²) in [5.74, 6) is 0.223. The summed E-state index contributed by atoms with van der Waals surface area (Å²) in [5, 5.41) is 16.3. The average molecular weight is 392 g/mol. The lowest BCUT2D eigenvalue weighted by Gasteiger charge is -2.08. The standard InChI is InChI=1S/C18H13FN8S/c1-10-6-15(28-26-10)12-2-3-16-23-24-17(27(16)25-12)9-21-13-4-5-20-14-7-11(19)8-22-18(13)14/h2-8H,9H2,1H3,(H,20,21). The Morgan fingerprint density at radius 2 is 2.07 bits per heavy atom. The SMILES string of the molecule is Cc1cc(-c2ccc3nnc(CNc4ccnc5cc(F)cnc45)n3n2)sn1. The number of hydrogen-bond acceptors (Lipinski definition) is 8. The number of pyridine rings is 2. The zero-order valence-corrected chi connectivity index (χ0v) is 15.5. The van der Waals surface area contributed by atoms with E-state index in [1.807, 2.05) is 25.1 Å². The Morgan fingerprint density at radius 3 is 2.93 bits per heavy atom. The van der Waals surface area contributed by atoms with Gasteiger partial charge in [-0.2, -0.15) is 14.0 Å². The molecule has 0 spiro atoms. The summed E-state index contributed by atoms with van der Waals surface area (Å²) in [6.07, 6.45) is 2.78. The molecule has 0 aliphatic carbocycles. The lowest BCUT2D eigenvalue weighted by molar-refractivity contribution is 0.624. The van der Waals surface area contributed by atoms with Crippen LogP contribution in [0.1, 0.15) is 11.5 Å². The van der Waals surface area contributed by atoms with Crippen LogP contribution in [-0.2, 0) is 6.54 Å². The van der Waals surface area contributed by atoms with Gasteiger partial charge in [0.1, 0.15) is 17.0 Å². The molecule has 5 heterocycles. The van der Waals surface area contributed by atoms with Crippen LogP contribution in [0.5, 0.6) is 0 Å². The van der Waals surface area contributed by atoms with Crippen LogP contribution in [0.2, 0.25) is 0 Å². The monoisotopic (exact) mass is 392 g/mol. The van der Waals surface area contributed by atoms with Crippen LogP contribution < -0.4 is 5.32 Å². The van der Waals surface area contributed by atoms with Crippen molar-refractivity contribution in [3.63, 3.8) is 0 Å². The first-order valence-electron chi connectivity index (χ1n) is 8.46. The number of aryl methyl sites for hydroxylation is 1. The van der Waals surface area contributed by atoms with E-state index in [1.165, 1.54) is 23.8 Å². The minimum Gasteiger partial charge on any atom is -0.376 e. The van der Waals surface area contributed by atoms with Crippen molar-refractivity contribution >= 4 is 33.9 Å². The van der Waals surface area contributed by atoms with Gasteiger partial charge in [-0.1, -0.05) is 0 Å². The minimum atomic E-state index is -0.421. The van der Waals surface area contributed by atoms with Crippen LogP contribution in [0.4, 0.5) is 10.1 Å². The normalized spacial score (nSPS) is 11.4. The molecule has 10 heteroatoms. The first kappa shape index (κ1) is 16.6. The van der Waals surface area contributed by atoms with E-state index in [0.29, 0.717) is 29.0 Å². The Morgan fingerprint density at radius 1 is 1.14 bits per heavy atom. The zero-order chi connectivity index (χ0) is 19.1. The molecule has 28 heavy (non-hydrogen) atoms. The van der Waals surface area contributed by atoms with Gasteiger partial charge in [-0.3, -0.25) is 4.98 Å². The minimum absolute atomic E-state index is 0.373. The molecule has 5 aromatic heterocycles. The molecule has 0 aromatic carbocycles. The average Bonchev–Trinajstić information content (AvgIpc) is 3.31. The lowest BCUT2D eigenvalue weighted by Crippen LogP contribution is -2.07. The Bertz CT molecular complexity index is 1310. The summed E-state index contributed by atoms with van der Waals surface area (Å²) < 4.78 is 19.4. The number of aromatic nitrogens is 7. The second-order valence-corrected chi connectivity index (χ2v) is 6.98. The van der Waals surface area contributed by atoms with Crippen molar-refractivity contribution in [2.45, 2.75) is 13.5 Å². The first-order chi connectivity index (χ1) is 13.7.